The summed E-state index contributed by atoms with van der Waals surface area (Å²) < 4.78 is 6.77. The van der Waals surface area contributed by atoms with Crippen molar-refractivity contribution in [3.8, 4) is 0 Å². The Labute approximate surface area is 127 Å². The van der Waals surface area contributed by atoms with Crippen LogP contribution in [0.3, 0.4) is 0 Å². The van der Waals surface area contributed by atoms with E-state index in [4.69, 9.17) is 22.9 Å². The lowest BCUT2D eigenvalue weighted by molar-refractivity contribution is 0.0523. The monoisotopic (exact) mass is 306 g/mol. The molecule has 2 aromatic rings. The van der Waals surface area contributed by atoms with Crippen molar-refractivity contribution in [1.29, 1.82) is 0 Å². The van der Waals surface area contributed by atoms with Gasteiger partial charge < -0.3 is 14.9 Å². The molecule has 0 bridgehead atoms. The first-order valence-electron chi connectivity index (χ1n) is 6.31. The highest BCUT2D eigenvalue weighted by Gasteiger charge is 2.18. The summed E-state index contributed by atoms with van der Waals surface area (Å²) in [6.07, 6.45) is 1.13. The smallest absolute Gasteiger partial charge is 0.407 e. The van der Waals surface area contributed by atoms with Gasteiger partial charge in [0.25, 0.3) is 5.82 Å². The number of rotatable bonds is 2. The fraction of sp³-hybridized carbons (Fsp3) is 0.357. The van der Waals surface area contributed by atoms with Crippen LogP contribution in [0.25, 0.3) is 10.5 Å². The van der Waals surface area contributed by atoms with Gasteiger partial charge in [-0.15, -0.1) is 0 Å². The van der Waals surface area contributed by atoms with E-state index in [1.165, 1.54) is 0 Å². The zero-order valence-corrected chi connectivity index (χ0v) is 12.7. The number of imidazole rings is 1. The number of halogens is 1. The van der Waals surface area contributed by atoms with Gasteiger partial charge in [0.15, 0.2) is 0 Å². The van der Waals surface area contributed by atoms with Crippen LogP contribution in [0.5, 0.6) is 0 Å². The van der Waals surface area contributed by atoms with Crippen LogP contribution in [0.15, 0.2) is 18.3 Å². The quantitative estimate of drug-likeness (QED) is 0.863. The van der Waals surface area contributed by atoms with Crippen LogP contribution < -0.4 is 5.32 Å². The van der Waals surface area contributed by atoms with Crippen LogP contribution in [0, 0.1) is 6.57 Å². The molecule has 0 aliphatic carbocycles. The molecule has 0 saturated carbocycles. The molecule has 2 heterocycles. The number of carbonyl (C=O) groups excluding carboxylic acids is 1. The first-order chi connectivity index (χ1) is 9.80. The molecule has 1 amide bonds. The molecular formula is C14H15ClN4O2. The van der Waals surface area contributed by atoms with Crippen LogP contribution in [0.1, 0.15) is 26.5 Å². The number of amides is 1. The zero-order chi connectivity index (χ0) is 15.6. The van der Waals surface area contributed by atoms with E-state index >= 15 is 0 Å². The minimum absolute atomic E-state index is 0.117. The van der Waals surface area contributed by atoms with Gasteiger partial charge in [0.2, 0.25) is 5.65 Å². The van der Waals surface area contributed by atoms with E-state index < -0.39 is 11.7 Å². The molecule has 1 N–H and O–H groups in total. The van der Waals surface area contributed by atoms with Gasteiger partial charge in [-0.05, 0) is 26.8 Å². The number of carbonyl (C=O) groups is 1. The molecule has 0 aliphatic heterocycles. The maximum Gasteiger partial charge on any atom is 0.407 e. The minimum Gasteiger partial charge on any atom is -0.444 e. The SMILES string of the molecule is [C-]#[N+]c1c(CNC(=O)OC(C)(C)C)nc2cc(Cl)ccn12. The fourth-order valence-electron chi connectivity index (χ4n) is 1.76. The van der Waals surface area contributed by atoms with Gasteiger partial charge in [-0.3, -0.25) is 0 Å². The summed E-state index contributed by atoms with van der Waals surface area (Å²) >= 11 is 5.90. The summed E-state index contributed by atoms with van der Waals surface area (Å²) in [6.45, 7) is 12.7. The number of nitrogens with zero attached hydrogens (tertiary/aromatic N) is 3. The summed E-state index contributed by atoms with van der Waals surface area (Å²) in [7, 11) is 0. The third-order valence-corrected chi connectivity index (χ3v) is 2.77. The second-order valence-electron chi connectivity index (χ2n) is 5.42. The van der Waals surface area contributed by atoms with Gasteiger partial charge in [0.05, 0.1) is 18.4 Å². The lowest BCUT2D eigenvalue weighted by Gasteiger charge is -2.19. The molecule has 0 aromatic carbocycles. The Morgan fingerprint density at radius 1 is 1.57 bits per heavy atom. The molecule has 0 unspecified atom stereocenters. The molecule has 0 fully saturated rings. The second-order valence-corrected chi connectivity index (χ2v) is 5.86. The molecule has 7 heteroatoms. The summed E-state index contributed by atoms with van der Waals surface area (Å²) in [5.41, 5.74) is 0.465. The van der Waals surface area contributed by atoms with Crippen LogP contribution in [-0.4, -0.2) is 21.1 Å². The van der Waals surface area contributed by atoms with E-state index in [2.05, 4.69) is 15.1 Å². The third kappa shape index (κ3) is 3.64. The van der Waals surface area contributed by atoms with Gasteiger partial charge in [0.1, 0.15) is 5.60 Å². The van der Waals surface area contributed by atoms with Crippen molar-refractivity contribution in [2.45, 2.75) is 32.9 Å². The van der Waals surface area contributed by atoms with E-state index in [1.54, 1.807) is 43.5 Å². The van der Waals surface area contributed by atoms with Gasteiger partial charge in [0, 0.05) is 11.1 Å². The predicted molar refractivity (Wildman–Crippen MR) is 79.5 cm³/mol. The summed E-state index contributed by atoms with van der Waals surface area (Å²) in [6, 6.07) is 3.34. The van der Waals surface area contributed by atoms with E-state index in [1.807, 2.05) is 0 Å². The van der Waals surface area contributed by atoms with Crippen molar-refractivity contribution in [3.05, 3.63) is 40.5 Å². The third-order valence-electron chi connectivity index (χ3n) is 2.54. The van der Waals surface area contributed by atoms with Crippen molar-refractivity contribution in [2.75, 3.05) is 0 Å². The maximum atomic E-state index is 11.6. The molecule has 2 aromatic heterocycles. The summed E-state index contributed by atoms with van der Waals surface area (Å²) in [5.74, 6) is 0.345. The Kier molecular flexibility index (Phi) is 4.05. The molecule has 0 saturated heterocycles. The minimum atomic E-state index is -0.570. The first-order valence-corrected chi connectivity index (χ1v) is 6.69. The first kappa shape index (κ1) is 15.1. The number of hydrogen-bond acceptors (Lipinski definition) is 3. The number of aromatic nitrogens is 2. The van der Waals surface area contributed by atoms with Gasteiger partial charge in [-0.2, -0.15) is 0 Å². The van der Waals surface area contributed by atoms with Crippen molar-refractivity contribution >= 4 is 29.2 Å². The Bertz CT molecular complexity index is 725. The lowest BCUT2D eigenvalue weighted by Crippen LogP contribution is -2.32. The molecule has 2 rings (SSSR count). The van der Waals surface area contributed by atoms with Crippen molar-refractivity contribution < 1.29 is 9.53 Å². The molecule has 6 nitrogen and oxygen atoms in total. The van der Waals surface area contributed by atoms with Gasteiger partial charge in [-0.25, -0.2) is 14.2 Å². The predicted octanol–water partition coefficient (Wildman–Crippen LogP) is 3.56. The Hall–Kier alpha value is -2.26. The highest BCUT2D eigenvalue weighted by Crippen LogP contribution is 2.23. The van der Waals surface area contributed by atoms with Crippen LogP contribution in [0.4, 0.5) is 10.6 Å². The standard InChI is InChI=1S/C14H15ClN4O2/c1-14(2,3)21-13(20)17-8-10-12(16-4)19-6-5-9(15)7-11(19)18-10/h5-7H,8H2,1-3H3,(H,17,20). The average Bonchev–Trinajstić information content (AvgIpc) is 2.70. The number of alkyl carbamates (subject to hydrolysis) is 1. The molecule has 21 heavy (non-hydrogen) atoms. The molecule has 110 valence electrons. The number of hydrogen-bond donors (Lipinski definition) is 1. The van der Waals surface area contributed by atoms with E-state index in [-0.39, 0.29) is 6.54 Å². The van der Waals surface area contributed by atoms with Gasteiger partial charge in [-0.1, -0.05) is 18.2 Å². The van der Waals surface area contributed by atoms with Crippen LogP contribution >= 0.6 is 11.6 Å². The Morgan fingerprint density at radius 2 is 2.29 bits per heavy atom. The Morgan fingerprint density at radius 3 is 2.90 bits per heavy atom. The summed E-state index contributed by atoms with van der Waals surface area (Å²) in [5, 5.41) is 3.13. The normalized spacial score (nSPS) is 11.2. The van der Waals surface area contributed by atoms with Gasteiger partial charge >= 0.3 is 6.09 Å². The highest BCUT2D eigenvalue weighted by molar-refractivity contribution is 6.30. The second kappa shape index (κ2) is 5.62. The lowest BCUT2D eigenvalue weighted by atomic mass is 10.2. The molecule has 0 atom stereocenters. The van der Waals surface area contributed by atoms with Crippen LogP contribution in [-0.2, 0) is 11.3 Å². The van der Waals surface area contributed by atoms with E-state index in [0.717, 1.165) is 0 Å². The van der Waals surface area contributed by atoms with Crippen molar-refractivity contribution in [2.24, 2.45) is 0 Å². The van der Waals surface area contributed by atoms with E-state index in [9.17, 15) is 4.79 Å². The van der Waals surface area contributed by atoms with E-state index in [0.29, 0.717) is 22.2 Å². The molecule has 0 spiro atoms. The average molecular weight is 307 g/mol. The maximum absolute atomic E-state index is 11.6. The van der Waals surface area contributed by atoms with Crippen LogP contribution in [0.2, 0.25) is 5.02 Å². The molecular weight excluding hydrogens is 292 g/mol. The topological polar surface area (TPSA) is 60.0 Å². The number of ether oxygens (including phenoxy) is 1. The highest BCUT2D eigenvalue weighted by atomic mass is 35.5. The van der Waals surface area contributed by atoms with Crippen molar-refractivity contribution in [3.63, 3.8) is 0 Å². The number of nitrogens with one attached hydrogen (secondary N) is 1. The summed E-state index contributed by atoms with van der Waals surface area (Å²) in [4.78, 5) is 19.4. The number of pyridine rings is 1. The fourth-order valence-corrected chi connectivity index (χ4v) is 1.92. The van der Waals surface area contributed by atoms with Crippen molar-refractivity contribution in [1.82, 2.24) is 14.7 Å². The largest absolute Gasteiger partial charge is 0.444 e. The zero-order valence-electron chi connectivity index (χ0n) is 12.0. The molecule has 0 aliphatic rings. The number of fused-ring (bicyclic) bond motifs is 1. The molecule has 0 radical (unpaired) electrons. The Balaban J connectivity index is 2.19.